The van der Waals surface area contributed by atoms with Crippen molar-refractivity contribution in [3.05, 3.63) is 47.8 Å². The van der Waals surface area contributed by atoms with Crippen molar-refractivity contribution in [1.29, 1.82) is 0 Å². The van der Waals surface area contributed by atoms with Crippen LogP contribution in [-0.4, -0.2) is 6.36 Å². The van der Waals surface area contributed by atoms with Gasteiger partial charge in [0.1, 0.15) is 11.6 Å². The Morgan fingerprint density at radius 1 is 1.00 bits per heavy atom. The number of hydrogen-bond donors (Lipinski definition) is 1. The minimum absolute atomic E-state index is 0.134. The van der Waals surface area contributed by atoms with Crippen LogP contribution in [0.15, 0.2) is 36.4 Å². The van der Waals surface area contributed by atoms with E-state index in [1.165, 1.54) is 18.2 Å². The maximum atomic E-state index is 13.8. The highest BCUT2D eigenvalue weighted by molar-refractivity contribution is 5.78. The molecule has 2 N–H and O–H groups in total. The Bertz CT molecular complexity index is 638. The number of nitrogen functional groups attached to an aromatic ring is 1. The fourth-order valence-electron chi connectivity index (χ4n) is 1.81. The zero-order chi connectivity index (χ0) is 14.9. The number of nitrogens with two attached hydrogens (primary N) is 1. The van der Waals surface area contributed by atoms with Crippen molar-refractivity contribution in [2.24, 2.45) is 0 Å². The fourth-order valence-corrected chi connectivity index (χ4v) is 1.81. The average Bonchev–Trinajstić information content (AvgIpc) is 2.33. The van der Waals surface area contributed by atoms with Gasteiger partial charge in [0.25, 0.3) is 0 Å². The zero-order valence-corrected chi connectivity index (χ0v) is 10.5. The third-order valence-corrected chi connectivity index (χ3v) is 2.67. The van der Waals surface area contributed by atoms with Gasteiger partial charge in [-0.3, -0.25) is 0 Å². The molecule has 6 heteroatoms. The minimum atomic E-state index is -4.81. The molecule has 20 heavy (non-hydrogen) atoms. The minimum Gasteiger partial charge on any atom is -0.406 e. The van der Waals surface area contributed by atoms with E-state index < -0.39 is 17.9 Å². The van der Waals surface area contributed by atoms with Crippen LogP contribution < -0.4 is 10.5 Å². The summed E-state index contributed by atoms with van der Waals surface area (Å²) < 4.78 is 54.2. The molecule has 0 radical (unpaired) electrons. The van der Waals surface area contributed by atoms with E-state index in [0.717, 1.165) is 17.7 Å². The van der Waals surface area contributed by atoms with Crippen LogP contribution in [0, 0.1) is 12.7 Å². The first kappa shape index (κ1) is 14.2. The Labute approximate surface area is 112 Å². The SMILES string of the molecule is Cc1ccc(F)c(-c2cc(OC(F)(F)F)ccc2N)c1. The van der Waals surface area contributed by atoms with Gasteiger partial charge in [-0.1, -0.05) is 11.6 Å². The molecule has 0 aliphatic rings. The molecule has 2 aromatic carbocycles. The lowest BCUT2D eigenvalue weighted by Gasteiger charge is -2.13. The van der Waals surface area contributed by atoms with E-state index in [4.69, 9.17) is 5.73 Å². The molecule has 106 valence electrons. The van der Waals surface area contributed by atoms with Gasteiger partial charge in [0.05, 0.1) is 0 Å². The molecule has 0 amide bonds. The molecule has 0 heterocycles. The number of aryl methyl sites for hydroxylation is 1. The Morgan fingerprint density at radius 3 is 2.35 bits per heavy atom. The Balaban J connectivity index is 2.50. The smallest absolute Gasteiger partial charge is 0.406 e. The number of alkyl halides is 3. The second kappa shape index (κ2) is 5.03. The van der Waals surface area contributed by atoms with E-state index in [1.54, 1.807) is 13.0 Å². The van der Waals surface area contributed by atoms with Crippen LogP contribution in [0.1, 0.15) is 5.56 Å². The van der Waals surface area contributed by atoms with Crippen molar-refractivity contribution >= 4 is 5.69 Å². The predicted octanol–water partition coefficient (Wildman–Crippen LogP) is 4.28. The van der Waals surface area contributed by atoms with E-state index in [1.807, 2.05) is 0 Å². The number of anilines is 1. The Kier molecular flexibility index (Phi) is 3.57. The van der Waals surface area contributed by atoms with Gasteiger partial charge in [-0.15, -0.1) is 13.2 Å². The summed E-state index contributed by atoms with van der Waals surface area (Å²) in [6, 6.07) is 7.71. The van der Waals surface area contributed by atoms with Crippen molar-refractivity contribution in [3.8, 4) is 16.9 Å². The molecule has 0 spiro atoms. The predicted molar refractivity (Wildman–Crippen MR) is 67.7 cm³/mol. The maximum Gasteiger partial charge on any atom is 0.573 e. The highest BCUT2D eigenvalue weighted by Gasteiger charge is 2.31. The van der Waals surface area contributed by atoms with E-state index in [-0.39, 0.29) is 16.8 Å². The summed E-state index contributed by atoms with van der Waals surface area (Å²) in [5.74, 6) is -1.01. The first-order chi connectivity index (χ1) is 9.26. The maximum absolute atomic E-state index is 13.8. The molecule has 0 aliphatic heterocycles. The lowest BCUT2D eigenvalue weighted by Crippen LogP contribution is -2.17. The number of benzene rings is 2. The molecular weight excluding hydrogens is 274 g/mol. The summed E-state index contributed by atoms with van der Waals surface area (Å²) in [7, 11) is 0. The summed E-state index contributed by atoms with van der Waals surface area (Å²) in [5.41, 5.74) is 6.93. The molecule has 2 aromatic rings. The zero-order valence-electron chi connectivity index (χ0n) is 10.5. The topological polar surface area (TPSA) is 35.2 Å². The highest BCUT2D eigenvalue weighted by Crippen LogP contribution is 2.34. The van der Waals surface area contributed by atoms with Crippen LogP contribution >= 0.6 is 0 Å². The lowest BCUT2D eigenvalue weighted by molar-refractivity contribution is -0.274. The summed E-state index contributed by atoms with van der Waals surface area (Å²) in [6.45, 7) is 1.75. The van der Waals surface area contributed by atoms with Crippen LogP contribution in [0.2, 0.25) is 0 Å². The normalized spacial score (nSPS) is 11.4. The van der Waals surface area contributed by atoms with Gasteiger partial charge in [-0.05, 0) is 37.3 Å². The number of ether oxygens (including phenoxy) is 1. The van der Waals surface area contributed by atoms with Crippen LogP contribution in [0.4, 0.5) is 23.2 Å². The molecule has 2 nitrogen and oxygen atoms in total. The van der Waals surface area contributed by atoms with Crippen molar-refractivity contribution < 1.29 is 22.3 Å². The molecule has 0 atom stereocenters. The molecule has 0 saturated carbocycles. The van der Waals surface area contributed by atoms with Crippen molar-refractivity contribution in [1.82, 2.24) is 0 Å². The Morgan fingerprint density at radius 2 is 1.70 bits per heavy atom. The molecular formula is C14H11F4NO. The number of hydrogen-bond acceptors (Lipinski definition) is 2. The van der Waals surface area contributed by atoms with Gasteiger partial charge in [-0.2, -0.15) is 0 Å². The van der Waals surface area contributed by atoms with Gasteiger partial charge in [0.2, 0.25) is 0 Å². The first-order valence-corrected chi connectivity index (χ1v) is 5.68. The third-order valence-electron chi connectivity index (χ3n) is 2.67. The van der Waals surface area contributed by atoms with Crippen LogP contribution in [0.5, 0.6) is 5.75 Å². The lowest BCUT2D eigenvalue weighted by atomic mass is 10.0. The molecule has 2 rings (SSSR count). The van der Waals surface area contributed by atoms with Crippen molar-refractivity contribution in [3.63, 3.8) is 0 Å². The van der Waals surface area contributed by atoms with E-state index in [9.17, 15) is 17.6 Å². The monoisotopic (exact) mass is 285 g/mol. The molecule has 0 unspecified atom stereocenters. The summed E-state index contributed by atoms with van der Waals surface area (Å²) in [4.78, 5) is 0. The van der Waals surface area contributed by atoms with Crippen LogP contribution in [0.25, 0.3) is 11.1 Å². The quantitative estimate of drug-likeness (QED) is 0.660. The average molecular weight is 285 g/mol. The number of rotatable bonds is 2. The van der Waals surface area contributed by atoms with Gasteiger partial charge >= 0.3 is 6.36 Å². The first-order valence-electron chi connectivity index (χ1n) is 5.68. The fraction of sp³-hybridized carbons (Fsp3) is 0.143. The second-order valence-electron chi connectivity index (χ2n) is 4.28. The van der Waals surface area contributed by atoms with E-state index in [2.05, 4.69) is 4.74 Å². The summed E-state index contributed by atoms with van der Waals surface area (Å²) in [6.07, 6.45) is -4.81. The third kappa shape index (κ3) is 3.20. The standard InChI is InChI=1S/C14H11F4NO/c1-8-2-4-12(15)10(6-8)11-7-9(3-5-13(11)19)20-14(16,17)18/h2-7H,19H2,1H3. The summed E-state index contributed by atoms with van der Waals surface area (Å²) in [5, 5.41) is 0. The Hall–Kier alpha value is -2.24. The molecule has 0 saturated heterocycles. The molecule has 0 aliphatic carbocycles. The van der Waals surface area contributed by atoms with Gasteiger partial charge in [-0.25, -0.2) is 4.39 Å². The summed E-state index contributed by atoms with van der Waals surface area (Å²) >= 11 is 0. The highest BCUT2D eigenvalue weighted by atomic mass is 19.4. The number of halogens is 4. The molecule has 0 fully saturated rings. The van der Waals surface area contributed by atoms with Gasteiger partial charge < -0.3 is 10.5 Å². The molecule has 0 bridgehead atoms. The van der Waals surface area contributed by atoms with Crippen LogP contribution in [0.3, 0.4) is 0 Å². The van der Waals surface area contributed by atoms with Crippen LogP contribution in [-0.2, 0) is 0 Å². The van der Waals surface area contributed by atoms with Crippen molar-refractivity contribution in [2.45, 2.75) is 13.3 Å². The van der Waals surface area contributed by atoms with Gasteiger partial charge in [0.15, 0.2) is 0 Å². The van der Waals surface area contributed by atoms with Crippen molar-refractivity contribution in [2.75, 3.05) is 5.73 Å². The van der Waals surface area contributed by atoms with E-state index in [0.29, 0.717) is 0 Å². The van der Waals surface area contributed by atoms with Gasteiger partial charge in [0, 0.05) is 16.8 Å². The van der Waals surface area contributed by atoms with E-state index >= 15 is 0 Å². The second-order valence-corrected chi connectivity index (χ2v) is 4.28. The largest absolute Gasteiger partial charge is 0.573 e. The molecule has 0 aromatic heterocycles.